The summed E-state index contributed by atoms with van der Waals surface area (Å²) < 4.78 is 6.99. The highest BCUT2D eigenvalue weighted by atomic mass is 35.5. The molecule has 0 fully saturated rings. The number of benzene rings is 3. The van der Waals surface area contributed by atoms with E-state index < -0.39 is 0 Å². The molecule has 0 aliphatic heterocycles. The Kier molecular flexibility index (Phi) is 6.16. The number of rotatable bonds is 5. The van der Waals surface area contributed by atoms with E-state index in [2.05, 4.69) is 15.5 Å². The number of aromatic hydroxyl groups is 1. The van der Waals surface area contributed by atoms with E-state index in [1.54, 1.807) is 17.7 Å². The first kappa shape index (κ1) is 20.8. The lowest BCUT2D eigenvalue weighted by atomic mass is 10.2. The molecule has 156 valence electrons. The molecule has 0 atom stereocenters. The van der Waals surface area contributed by atoms with Crippen molar-refractivity contribution in [1.82, 2.24) is 4.57 Å². The van der Waals surface area contributed by atoms with E-state index in [0.717, 1.165) is 22.2 Å². The van der Waals surface area contributed by atoms with E-state index in [1.807, 2.05) is 66.7 Å². The quantitative estimate of drug-likeness (QED) is 0.267. The summed E-state index contributed by atoms with van der Waals surface area (Å²) in [4.78, 5) is 0. The summed E-state index contributed by atoms with van der Waals surface area (Å²) in [5, 5.41) is 23.9. The van der Waals surface area contributed by atoms with Crippen LogP contribution >= 0.6 is 23.8 Å². The van der Waals surface area contributed by atoms with Crippen LogP contribution in [0.2, 0.25) is 5.02 Å². The van der Waals surface area contributed by atoms with Crippen molar-refractivity contribution < 1.29 is 9.84 Å². The predicted octanol–water partition coefficient (Wildman–Crippen LogP) is 6.54. The number of halogens is 1. The second kappa shape index (κ2) is 9.16. The third-order valence-electron chi connectivity index (χ3n) is 4.73. The molecule has 0 radical (unpaired) electrons. The summed E-state index contributed by atoms with van der Waals surface area (Å²) in [5.41, 5.74) is 2.94. The molecule has 0 aliphatic carbocycles. The van der Waals surface area contributed by atoms with Gasteiger partial charge in [-0.2, -0.15) is 0 Å². The minimum absolute atomic E-state index is 0.0177. The molecule has 4 aromatic rings. The van der Waals surface area contributed by atoms with Crippen LogP contribution in [0.15, 0.2) is 83.0 Å². The smallest absolute Gasteiger partial charge is 0.221 e. The SMILES string of the molecule is COc1cccc(NC(=S)N=Nc2c(O)n(Cc3ccc(Cl)cc3)c3ccccc23)c1. The Morgan fingerprint density at radius 2 is 1.87 bits per heavy atom. The number of nitrogens with one attached hydrogen (secondary N) is 1. The van der Waals surface area contributed by atoms with Crippen LogP contribution in [0.5, 0.6) is 11.6 Å². The first-order valence-corrected chi connectivity index (χ1v) is 10.2. The van der Waals surface area contributed by atoms with Crippen molar-refractivity contribution in [3.63, 3.8) is 0 Å². The second-order valence-electron chi connectivity index (χ2n) is 6.76. The molecule has 0 unspecified atom stereocenters. The average molecular weight is 451 g/mol. The lowest BCUT2D eigenvalue weighted by Gasteiger charge is -2.07. The Morgan fingerprint density at radius 3 is 2.65 bits per heavy atom. The molecule has 0 saturated carbocycles. The zero-order valence-corrected chi connectivity index (χ0v) is 18.2. The molecule has 0 amide bonds. The summed E-state index contributed by atoms with van der Waals surface area (Å²) in [6.07, 6.45) is 0. The van der Waals surface area contributed by atoms with Crippen molar-refractivity contribution >= 4 is 51.2 Å². The number of azo groups is 1. The number of methoxy groups -OCH3 is 1. The van der Waals surface area contributed by atoms with Crippen LogP contribution < -0.4 is 10.1 Å². The molecule has 1 aromatic heterocycles. The van der Waals surface area contributed by atoms with Crippen LogP contribution in [-0.4, -0.2) is 21.9 Å². The first-order chi connectivity index (χ1) is 15.0. The fraction of sp³-hybridized carbons (Fsp3) is 0.0870. The Labute approximate surface area is 189 Å². The molecular weight excluding hydrogens is 432 g/mol. The van der Waals surface area contributed by atoms with E-state index in [9.17, 15) is 5.11 Å². The summed E-state index contributed by atoms with van der Waals surface area (Å²) in [6, 6.07) is 22.4. The van der Waals surface area contributed by atoms with Crippen LogP contribution in [0.3, 0.4) is 0 Å². The number of anilines is 1. The maximum absolute atomic E-state index is 10.9. The number of fused-ring (bicyclic) bond motifs is 1. The van der Waals surface area contributed by atoms with Crippen molar-refractivity contribution in [3.8, 4) is 11.6 Å². The van der Waals surface area contributed by atoms with Gasteiger partial charge in [-0.05, 0) is 48.1 Å². The summed E-state index contributed by atoms with van der Waals surface area (Å²) in [5.74, 6) is 0.719. The molecular formula is C23H19ClN4O2S. The largest absolute Gasteiger partial charge is 0.497 e. The van der Waals surface area contributed by atoms with Gasteiger partial charge in [0, 0.05) is 22.2 Å². The number of aromatic nitrogens is 1. The van der Waals surface area contributed by atoms with Crippen molar-refractivity contribution in [2.45, 2.75) is 6.54 Å². The standard InChI is InChI=1S/C23H19ClN4O2S/c1-30-18-6-4-5-17(13-18)25-23(31)27-26-21-19-7-2-3-8-20(19)28(22(21)29)14-15-9-11-16(24)12-10-15/h2-13,29H,14H2,1H3,(H,25,31). The molecule has 1 heterocycles. The first-order valence-electron chi connectivity index (χ1n) is 9.46. The van der Waals surface area contributed by atoms with E-state index in [0.29, 0.717) is 23.0 Å². The van der Waals surface area contributed by atoms with Gasteiger partial charge >= 0.3 is 0 Å². The predicted molar refractivity (Wildman–Crippen MR) is 128 cm³/mol. The van der Waals surface area contributed by atoms with Gasteiger partial charge in [-0.3, -0.25) is 0 Å². The van der Waals surface area contributed by atoms with Gasteiger partial charge in [-0.25, -0.2) is 0 Å². The minimum atomic E-state index is 0.0177. The van der Waals surface area contributed by atoms with Gasteiger partial charge in [-0.15, -0.1) is 10.2 Å². The molecule has 3 aromatic carbocycles. The molecule has 31 heavy (non-hydrogen) atoms. The Balaban J connectivity index is 1.62. The highest BCUT2D eigenvalue weighted by Gasteiger charge is 2.16. The number of thiocarbonyl (C=S) groups is 1. The van der Waals surface area contributed by atoms with Gasteiger partial charge in [-0.1, -0.05) is 48.0 Å². The van der Waals surface area contributed by atoms with Gasteiger partial charge in [0.05, 0.1) is 19.2 Å². The fourth-order valence-corrected chi connectivity index (χ4v) is 3.53. The zero-order valence-electron chi connectivity index (χ0n) is 16.6. The van der Waals surface area contributed by atoms with Gasteiger partial charge in [0.1, 0.15) is 5.75 Å². The summed E-state index contributed by atoms with van der Waals surface area (Å²) >= 11 is 11.3. The molecule has 8 heteroatoms. The molecule has 0 spiro atoms. The van der Waals surface area contributed by atoms with Crippen LogP contribution in [0.25, 0.3) is 10.9 Å². The Bertz CT molecular complexity index is 1270. The van der Waals surface area contributed by atoms with Gasteiger partial charge in [0.2, 0.25) is 11.0 Å². The van der Waals surface area contributed by atoms with Crippen LogP contribution in [0.1, 0.15) is 5.56 Å². The molecule has 2 N–H and O–H groups in total. The van der Waals surface area contributed by atoms with Gasteiger partial charge in [0.25, 0.3) is 0 Å². The van der Waals surface area contributed by atoms with Gasteiger partial charge in [0.15, 0.2) is 5.69 Å². The van der Waals surface area contributed by atoms with Crippen molar-refractivity contribution in [3.05, 3.63) is 83.4 Å². The van der Waals surface area contributed by atoms with Gasteiger partial charge < -0.3 is 19.7 Å². The number of ether oxygens (including phenoxy) is 1. The molecule has 0 bridgehead atoms. The monoisotopic (exact) mass is 450 g/mol. The normalized spacial score (nSPS) is 11.2. The van der Waals surface area contributed by atoms with E-state index in [1.165, 1.54) is 0 Å². The number of nitrogens with zero attached hydrogens (tertiary/aromatic N) is 3. The average Bonchev–Trinajstić information content (AvgIpc) is 3.05. The molecule has 4 rings (SSSR count). The summed E-state index contributed by atoms with van der Waals surface area (Å²) in [7, 11) is 1.60. The fourth-order valence-electron chi connectivity index (χ4n) is 3.25. The van der Waals surface area contributed by atoms with E-state index >= 15 is 0 Å². The van der Waals surface area contributed by atoms with Crippen molar-refractivity contribution in [1.29, 1.82) is 0 Å². The third kappa shape index (κ3) is 4.68. The number of hydrogen-bond donors (Lipinski definition) is 2. The lowest BCUT2D eigenvalue weighted by Crippen LogP contribution is -2.04. The molecule has 6 nitrogen and oxygen atoms in total. The highest BCUT2D eigenvalue weighted by Crippen LogP contribution is 2.39. The maximum Gasteiger partial charge on any atom is 0.221 e. The van der Waals surface area contributed by atoms with Crippen molar-refractivity contribution in [2.75, 3.05) is 12.4 Å². The zero-order chi connectivity index (χ0) is 21.8. The second-order valence-corrected chi connectivity index (χ2v) is 7.59. The Morgan fingerprint density at radius 1 is 1.10 bits per heavy atom. The lowest BCUT2D eigenvalue weighted by molar-refractivity contribution is 0.415. The van der Waals surface area contributed by atoms with E-state index in [4.69, 9.17) is 28.6 Å². The highest BCUT2D eigenvalue weighted by molar-refractivity contribution is 7.80. The number of hydrogen-bond acceptors (Lipinski definition) is 4. The molecule has 0 aliphatic rings. The minimum Gasteiger partial charge on any atom is -0.497 e. The van der Waals surface area contributed by atoms with Crippen LogP contribution in [-0.2, 0) is 6.54 Å². The van der Waals surface area contributed by atoms with Crippen LogP contribution in [0.4, 0.5) is 11.4 Å². The molecule has 0 saturated heterocycles. The number of para-hydroxylation sites is 1. The topological polar surface area (TPSA) is 71.1 Å². The summed E-state index contributed by atoms with van der Waals surface area (Å²) in [6.45, 7) is 0.464. The van der Waals surface area contributed by atoms with Crippen LogP contribution in [0, 0.1) is 0 Å². The Hall–Kier alpha value is -3.42. The van der Waals surface area contributed by atoms with E-state index in [-0.39, 0.29) is 11.0 Å². The maximum atomic E-state index is 10.9. The third-order valence-corrected chi connectivity index (χ3v) is 5.17. The van der Waals surface area contributed by atoms with Crippen molar-refractivity contribution in [2.24, 2.45) is 10.2 Å².